The molecule has 0 aliphatic carbocycles. The van der Waals surface area contributed by atoms with E-state index in [9.17, 15) is 0 Å². The Morgan fingerprint density at radius 2 is 1.73 bits per heavy atom. The van der Waals surface area contributed by atoms with Crippen molar-refractivity contribution in [2.75, 3.05) is 20.2 Å². The molecule has 5 rings (SSSR count). The maximum absolute atomic E-state index is 6.00. The van der Waals surface area contributed by atoms with E-state index in [-0.39, 0.29) is 6.01 Å². The minimum Gasteiger partial charge on any atom is -0.493 e. The van der Waals surface area contributed by atoms with Crippen LogP contribution in [0.4, 0.5) is 0 Å². The third-order valence-corrected chi connectivity index (χ3v) is 6.48. The summed E-state index contributed by atoms with van der Waals surface area (Å²) in [6.45, 7) is 1.99. The second kappa shape index (κ2) is 9.88. The second-order valence-electron chi connectivity index (χ2n) is 7.81. The van der Waals surface area contributed by atoms with E-state index in [1.165, 1.54) is 3.57 Å². The molecule has 33 heavy (non-hydrogen) atoms. The molecule has 2 aromatic carbocycles. The number of ether oxygens (including phenoxy) is 2. The van der Waals surface area contributed by atoms with Gasteiger partial charge in [-0.3, -0.25) is 0 Å². The van der Waals surface area contributed by atoms with Crippen LogP contribution in [0.25, 0.3) is 22.6 Å². The highest BCUT2D eigenvalue weighted by Gasteiger charge is 2.23. The van der Waals surface area contributed by atoms with Gasteiger partial charge in [0.2, 0.25) is 0 Å². The van der Waals surface area contributed by atoms with Crippen molar-refractivity contribution in [1.82, 2.24) is 24.8 Å². The zero-order valence-corrected chi connectivity index (χ0v) is 20.4. The summed E-state index contributed by atoms with van der Waals surface area (Å²) in [4.78, 5) is 14.0. The number of halogens is 1. The Hall–Kier alpha value is -2.98. The van der Waals surface area contributed by atoms with Crippen LogP contribution < -0.4 is 14.8 Å². The maximum atomic E-state index is 6.00. The predicted octanol–water partition coefficient (Wildman–Crippen LogP) is 5.34. The summed E-state index contributed by atoms with van der Waals surface area (Å²) < 4.78 is 14.9. The number of nitrogens with one attached hydrogen (secondary N) is 1. The number of imidazole rings is 1. The largest absolute Gasteiger partial charge is 0.493 e. The molecule has 0 amide bonds. The van der Waals surface area contributed by atoms with Crippen LogP contribution >= 0.6 is 22.6 Å². The molecule has 1 N–H and O–H groups in total. The number of aromatic nitrogens is 4. The molecule has 0 atom stereocenters. The predicted molar refractivity (Wildman–Crippen MR) is 136 cm³/mol. The highest BCUT2D eigenvalue weighted by atomic mass is 127. The number of rotatable bonds is 6. The van der Waals surface area contributed by atoms with Gasteiger partial charge in [-0.05, 0) is 78.9 Å². The van der Waals surface area contributed by atoms with Crippen LogP contribution in [-0.2, 0) is 0 Å². The molecule has 7 nitrogen and oxygen atoms in total. The Morgan fingerprint density at radius 3 is 2.48 bits per heavy atom. The molecular weight excluding hydrogens is 529 g/mol. The quantitative estimate of drug-likeness (QED) is 0.325. The Kier molecular flexibility index (Phi) is 6.54. The lowest BCUT2D eigenvalue weighted by Gasteiger charge is -2.25. The molecule has 1 saturated heterocycles. The zero-order valence-electron chi connectivity index (χ0n) is 18.2. The summed E-state index contributed by atoms with van der Waals surface area (Å²) in [6.07, 6.45) is 5.77. The highest BCUT2D eigenvalue weighted by Crippen LogP contribution is 2.36. The average Bonchev–Trinajstić information content (AvgIpc) is 3.31. The van der Waals surface area contributed by atoms with Crippen LogP contribution in [0, 0.1) is 3.57 Å². The Labute approximate surface area is 206 Å². The van der Waals surface area contributed by atoms with Crippen molar-refractivity contribution in [3.63, 3.8) is 0 Å². The van der Waals surface area contributed by atoms with Crippen LogP contribution in [0.5, 0.6) is 17.5 Å². The van der Waals surface area contributed by atoms with Gasteiger partial charge in [0.25, 0.3) is 0 Å². The minimum absolute atomic E-state index is 0.267. The van der Waals surface area contributed by atoms with Crippen LogP contribution in [0.15, 0.2) is 67.1 Å². The van der Waals surface area contributed by atoms with Crippen molar-refractivity contribution >= 4 is 22.6 Å². The van der Waals surface area contributed by atoms with E-state index in [1.54, 1.807) is 13.3 Å². The first-order chi connectivity index (χ1) is 16.2. The van der Waals surface area contributed by atoms with Gasteiger partial charge in [-0.15, -0.1) is 0 Å². The molecular formula is C25H24IN5O2. The Morgan fingerprint density at radius 1 is 0.970 bits per heavy atom. The van der Waals surface area contributed by atoms with Gasteiger partial charge >= 0.3 is 6.01 Å². The Balaban J connectivity index is 1.58. The first kappa shape index (κ1) is 21.8. The standard InChI is InChI=1S/C25H24IN5O2/c1-32-21-4-2-3-5-22(21)33-25-28-15-12-20(30-25)24-23(17-6-8-18(26)9-7-17)29-16-31(24)19-10-13-27-14-11-19/h2-9,12,15-16,19,27H,10-11,13-14H2,1H3. The van der Waals surface area contributed by atoms with Crippen molar-refractivity contribution in [1.29, 1.82) is 0 Å². The smallest absolute Gasteiger partial charge is 0.322 e. The van der Waals surface area contributed by atoms with Crippen LogP contribution in [0.3, 0.4) is 0 Å². The van der Waals surface area contributed by atoms with Gasteiger partial charge in [0.05, 0.1) is 30.5 Å². The summed E-state index contributed by atoms with van der Waals surface area (Å²) in [6, 6.07) is 18.4. The van der Waals surface area contributed by atoms with Gasteiger partial charge < -0.3 is 19.4 Å². The van der Waals surface area contributed by atoms with Gasteiger partial charge in [-0.25, -0.2) is 9.97 Å². The number of hydrogen-bond acceptors (Lipinski definition) is 6. The fourth-order valence-electron chi connectivity index (χ4n) is 4.12. The fraction of sp³-hybridized carbons (Fsp3) is 0.240. The first-order valence-electron chi connectivity index (χ1n) is 10.9. The zero-order chi connectivity index (χ0) is 22.6. The molecule has 1 fully saturated rings. The van der Waals surface area contributed by atoms with E-state index < -0.39 is 0 Å². The molecule has 8 heteroatoms. The highest BCUT2D eigenvalue weighted by molar-refractivity contribution is 14.1. The molecule has 2 aromatic heterocycles. The average molecular weight is 553 g/mol. The molecule has 168 valence electrons. The van der Waals surface area contributed by atoms with Crippen molar-refractivity contribution in [2.45, 2.75) is 18.9 Å². The van der Waals surface area contributed by atoms with Gasteiger partial charge in [0.1, 0.15) is 0 Å². The van der Waals surface area contributed by atoms with Gasteiger partial charge in [0, 0.05) is 21.4 Å². The van der Waals surface area contributed by atoms with Crippen molar-refractivity contribution in [3.8, 4) is 40.2 Å². The molecule has 0 unspecified atom stereocenters. The van der Waals surface area contributed by atoms with Crippen molar-refractivity contribution in [3.05, 3.63) is 70.7 Å². The van der Waals surface area contributed by atoms with E-state index in [1.807, 2.05) is 36.7 Å². The van der Waals surface area contributed by atoms with Crippen LogP contribution in [-0.4, -0.2) is 39.7 Å². The third-order valence-electron chi connectivity index (χ3n) is 5.76. The lowest BCUT2D eigenvalue weighted by atomic mass is 10.0. The topological polar surface area (TPSA) is 74.1 Å². The molecule has 1 aliphatic rings. The molecule has 0 saturated carbocycles. The third kappa shape index (κ3) is 4.72. The molecule has 1 aliphatic heterocycles. The first-order valence-corrected chi connectivity index (χ1v) is 12.0. The summed E-state index contributed by atoms with van der Waals surface area (Å²) in [5.41, 5.74) is 3.73. The number of para-hydroxylation sites is 2. The molecule has 0 radical (unpaired) electrons. The summed E-state index contributed by atoms with van der Waals surface area (Å²) in [5.74, 6) is 1.20. The number of benzene rings is 2. The SMILES string of the molecule is COc1ccccc1Oc1nccc(-c2c(-c3ccc(I)cc3)ncn2C2CCNCC2)n1. The number of methoxy groups -OCH3 is 1. The van der Waals surface area contributed by atoms with Crippen LogP contribution in [0.2, 0.25) is 0 Å². The van der Waals surface area contributed by atoms with E-state index in [4.69, 9.17) is 19.4 Å². The van der Waals surface area contributed by atoms with Gasteiger partial charge in [-0.1, -0.05) is 24.3 Å². The summed E-state index contributed by atoms with van der Waals surface area (Å²) in [7, 11) is 1.62. The normalized spacial score (nSPS) is 14.2. The summed E-state index contributed by atoms with van der Waals surface area (Å²) in [5, 5.41) is 3.44. The molecule has 4 aromatic rings. The van der Waals surface area contributed by atoms with Crippen molar-refractivity contribution in [2.24, 2.45) is 0 Å². The van der Waals surface area contributed by atoms with E-state index in [0.717, 1.165) is 48.6 Å². The van der Waals surface area contributed by atoms with Gasteiger partial charge in [-0.2, -0.15) is 4.98 Å². The molecule has 0 spiro atoms. The molecule has 0 bridgehead atoms. The summed E-state index contributed by atoms with van der Waals surface area (Å²) >= 11 is 2.32. The lowest BCUT2D eigenvalue weighted by Crippen LogP contribution is -2.29. The lowest BCUT2D eigenvalue weighted by molar-refractivity contribution is 0.366. The van der Waals surface area contributed by atoms with E-state index in [0.29, 0.717) is 17.5 Å². The monoisotopic (exact) mass is 553 g/mol. The minimum atomic E-state index is 0.267. The second-order valence-corrected chi connectivity index (χ2v) is 9.06. The maximum Gasteiger partial charge on any atom is 0.322 e. The van der Waals surface area contributed by atoms with E-state index in [2.05, 4.69) is 61.7 Å². The molecule has 3 heterocycles. The van der Waals surface area contributed by atoms with Crippen molar-refractivity contribution < 1.29 is 9.47 Å². The fourth-order valence-corrected chi connectivity index (χ4v) is 4.48. The number of hydrogen-bond donors (Lipinski definition) is 1. The number of piperidine rings is 1. The van der Waals surface area contributed by atoms with Gasteiger partial charge in [0.15, 0.2) is 11.5 Å². The van der Waals surface area contributed by atoms with E-state index >= 15 is 0 Å². The Bertz CT molecular complexity index is 1240. The number of nitrogens with zero attached hydrogens (tertiary/aromatic N) is 4. The van der Waals surface area contributed by atoms with Crippen LogP contribution in [0.1, 0.15) is 18.9 Å².